The second-order valence-electron chi connectivity index (χ2n) is 5.65. The number of carbonyl (C=O) groups is 1. The molecule has 0 saturated heterocycles. The van der Waals surface area contributed by atoms with Crippen molar-refractivity contribution in [3.63, 3.8) is 0 Å². The van der Waals surface area contributed by atoms with Crippen molar-refractivity contribution in [1.82, 2.24) is 4.98 Å². The number of ether oxygens (including phenoxy) is 2. The maximum atomic E-state index is 12.4. The number of halogens is 2. The van der Waals surface area contributed by atoms with Crippen LogP contribution < -0.4 is 14.8 Å². The lowest BCUT2D eigenvalue weighted by atomic mass is 10.2. The first-order valence-corrected chi connectivity index (χ1v) is 8.85. The molecule has 1 N–H and O–H groups in total. The first-order chi connectivity index (χ1) is 13.9. The van der Waals surface area contributed by atoms with Gasteiger partial charge in [-0.3, -0.25) is 14.9 Å². The number of nitro benzene ring substituents is 1. The second-order valence-corrected chi connectivity index (χ2v) is 6.53. The van der Waals surface area contributed by atoms with Crippen LogP contribution in [0.3, 0.4) is 0 Å². The summed E-state index contributed by atoms with van der Waals surface area (Å²) in [6, 6.07) is 11.6. The lowest BCUT2D eigenvalue weighted by molar-refractivity contribution is -0.385. The smallest absolute Gasteiger partial charge is 0.313 e. The third-order valence-electron chi connectivity index (χ3n) is 3.73. The van der Waals surface area contributed by atoms with Gasteiger partial charge in [0.25, 0.3) is 5.91 Å². The molecule has 148 valence electrons. The van der Waals surface area contributed by atoms with E-state index in [0.29, 0.717) is 10.8 Å². The summed E-state index contributed by atoms with van der Waals surface area (Å²) in [4.78, 5) is 27.1. The average molecular weight is 434 g/mol. The number of hydrogen-bond acceptors (Lipinski definition) is 6. The molecular formula is C19H13Cl2N3O5. The summed E-state index contributed by atoms with van der Waals surface area (Å²) >= 11 is 11.6. The molecule has 3 rings (SSSR count). The van der Waals surface area contributed by atoms with Crippen LogP contribution in [0.5, 0.6) is 17.2 Å². The fourth-order valence-electron chi connectivity index (χ4n) is 2.37. The molecule has 0 aliphatic carbocycles. The largest absolute Gasteiger partial charge is 0.493 e. The van der Waals surface area contributed by atoms with Gasteiger partial charge in [-0.05, 0) is 42.5 Å². The quantitative estimate of drug-likeness (QED) is 0.414. The second kappa shape index (κ2) is 8.76. The fourth-order valence-corrected chi connectivity index (χ4v) is 2.65. The Morgan fingerprint density at radius 2 is 1.76 bits per heavy atom. The lowest BCUT2D eigenvalue weighted by Crippen LogP contribution is -2.13. The number of hydrogen-bond donors (Lipinski definition) is 1. The van der Waals surface area contributed by atoms with Crippen LogP contribution in [0.1, 0.15) is 10.4 Å². The van der Waals surface area contributed by atoms with Gasteiger partial charge in [0.1, 0.15) is 5.82 Å². The number of amides is 1. The maximum Gasteiger partial charge on any atom is 0.313 e. The minimum atomic E-state index is -0.603. The number of nitro groups is 1. The number of aromatic nitrogens is 1. The molecule has 0 aliphatic rings. The van der Waals surface area contributed by atoms with Crippen LogP contribution in [-0.4, -0.2) is 22.9 Å². The molecule has 8 nitrogen and oxygen atoms in total. The lowest BCUT2D eigenvalue weighted by Gasteiger charge is -2.12. The van der Waals surface area contributed by atoms with Crippen molar-refractivity contribution in [3.05, 3.63) is 80.5 Å². The van der Waals surface area contributed by atoms with Crippen molar-refractivity contribution < 1.29 is 19.2 Å². The molecule has 29 heavy (non-hydrogen) atoms. The van der Waals surface area contributed by atoms with Crippen LogP contribution in [0, 0.1) is 10.1 Å². The summed E-state index contributed by atoms with van der Waals surface area (Å²) in [5, 5.41) is 14.5. The van der Waals surface area contributed by atoms with E-state index >= 15 is 0 Å². The predicted octanol–water partition coefficient (Wildman–Crippen LogP) is 5.35. The predicted molar refractivity (Wildman–Crippen MR) is 108 cm³/mol. The first-order valence-electron chi connectivity index (χ1n) is 8.10. The van der Waals surface area contributed by atoms with Crippen molar-refractivity contribution in [2.24, 2.45) is 0 Å². The summed E-state index contributed by atoms with van der Waals surface area (Å²) < 4.78 is 10.9. The highest BCUT2D eigenvalue weighted by Gasteiger charge is 2.19. The zero-order valence-electron chi connectivity index (χ0n) is 14.9. The Bertz CT molecular complexity index is 1070. The number of carbonyl (C=O) groups excluding carboxylic acids is 1. The van der Waals surface area contributed by atoms with Crippen LogP contribution in [0.4, 0.5) is 11.5 Å². The number of nitrogens with zero attached hydrogens (tertiary/aromatic N) is 2. The van der Waals surface area contributed by atoms with Gasteiger partial charge in [-0.25, -0.2) is 4.98 Å². The van der Waals surface area contributed by atoms with E-state index in [2.05, 4.69) is 10.3 Å². The summed E-state index contributed by atoms with van der Waals surface area (Å²) in [6.45, 7) is 0. The highest BCUT2D eigenvalue weighted by atomic mass is 35.5. The molecular weight excluding hydrogens is 421 g/mol. The van der Waals surface area contributed by atoms with Crippen molar-refractivity contribution in [2.75, 3.05) is 12.4 Å². The maximum absolute atomic E-state index is 12.4. The zero-order chi connectivity index (χ0) is 21.0. The summed E-state index contributed by atoms with van der Waals surface area (Å²) in [6.07, 6.45) is 1.41. The molecule has 2 aromatic carbocycles. The van der Waals surface area contributed by atoms with Gasteiger partial charge in [-0.2, -0.15) is 0 Å². The van der Waals surface area contributed by atoms with E-state index in [0.717, 1.165) is 0 Å². The third kappa shape index (κ3) is 4.92. The third-order valence-corrected chi connectivity index (χ3v) is 4.19. The van der Waals surface area contributed by atoms with Gasteiger partial charge in [0.2, 0.25) is 5.75 Å². The Labute approximate surface area is 175 Å². The van der Waals surface area contributed by atoms with Crippen LogP contribution >= 0.6 is 23.2 Å². The topological polar surface area (TPSA) is 104 Å². The van der Waals surface area contributed by atoms with Gasteiger partial charge in [0.05, 0.1) is 17.1 Å². The van der Waals surface area contributed by atoms with E-state index in [1.54, 1.807) is 12.1 Å². The Morgan fingerprint density at radius 1 is 1.03 bits per heavy atom. The van der Waals surface area contributed by atoms with Gasteiger partial charge in [0, 0.05) is 22.8 Å². The molecule has 0 fully saturated rings. The van der Waals surface area contributed by atoms with Crippen LogP contribution in [0.25, 0.3) is 0 Å². The number of anilines is 1. The molecule has 0 atom stereocenters. The zero-order valence-corrected chi connectivity index (χ0v) is 16.4. The SMILES string of the molecule is COc1cc(C(=O)Nc2ccc(Cl)cn2)ccc1Oc1ccc(Cl)cc1[N+](=O)[O-]. The summed E-state index contributed by atoms with van der Waals surface area (Å²) in [7, 11) is 1.39. The Balaban J connectivity index is 1.85. The minimum absolute atomic E-state index is 0.0136. The fraction of sp³-hybridized carbons (Fsp3) is 0.0526. The molecule has 0 aliphatic heterocycles. The van der Waals surface area contributed by atoms with E-state index in [9.17, 15) is 14.9 Å². The van der Waals surface area contributed by atoms with E-state index in [1.807, 2.05) is 0 Å². The highest BCUT2D eigenvalue weighted by Crippen LogP contribution is 2.38. The van der Waals surface area contributed by atoms with E-state index < -0.39 is 10.8 Å². The van der Waals surface area contributed by atoms with Crippen molar-refractivity contribution in [2.45, 2.75) is 0 Å². The number of rotatable bonds is 6. The van der Waals surface area contributed by atoms with Crippen LogP contribution in [-0.2, 0) is 0 Å². The number of pyridine rings is 1. The summed E-state index contributed by atoms with van der Waals surface area (Å²) in [5.74, 6) is 0.294. The first kappa shape index (κ1) is 20.4. The van der Waals surface area contributed by atoms with Gasteiger partial charge >= 0.3 is 5.69 Å². The van der Waals surface area contributed by atoms with Gasteiger partial charge in [-0.1, -0.05) is 23.2 Å². The van der Waals surface area contributed by atoms with Crippen molar-refractivity contribution >= 4 is 40.6 Å². The molecule has 0 bridgehead atoms. The minimum Gasteiger partial charge on any atom is -0.493 e. The standard InChI is InChI=1S/C19H13Cl2N3O5/c1-28-17-8-11(19(25)23-18-7-4-13(21)10-22-18)2-5-16(17)29-15-6-3-12(20)9-14(15)24(26)27/h2-10H,1H3,(H,22,23,25). The highest BCUT2D eigenvalue weighted by molar-refractivity contribution is 6.31. The van der Waals surface area contributed by atoms with Crippen LogP contribution in [0.2, 0.25) is 10.0 Å². The average Bonchev–Trinajstić information content (AvgIpc) is 2.71. The number of methoxy groups -OCH3 is 1. The Kier molecular flexibility index (Phi) is 6.16. The molecule has 0 spiro atoms. The van der Waals surface area contributed by atoms with E-state index in [-0.39, 0.29) is 33.5 Å². The van der Waals surface area contributed by atoms with Crippen molar-refractivity contribution in [3.8, 4) is 17.2 Å². The number of nitrogens with one attached hydrogen (secondary N) is 1. The molecule has 1 amide bonds. The Morgan fingerprint density at radius 3 is 2.41 bits per heavy atom. The normalized spacial score (nSPS) is 10.3. The molecule has 0 unspecified atom stereocenters. The molecule has 1 heterocycles. The van der Waals surface area contributed by atoms with E-state index in [1.165, 1.54) is 49.7 Å². The summed E-state index contributed by atoms with van der Waals surface area (Å²) in [5.41, 5.74) is -0.0215. The molecule has 0 saturated carbocycles. The van der Waals surface area contributed by atoms with Gasteiger partial charge in [-0.15, -0.1) is 0 Å². The van der Waals surface area contributed by atoms with Crippen LogP contribution in [0.15, 0.2) is 54.7 Å². The number of benzene rings is 2. The van der Waals surface area contributed by atoms with Gasteiger partial charge < -0.3 is 14.8 Å². The molecule has 10 heteroatoms. The molecule has 1 aromatic heterocycles. The molecule has 0 radical (unpaired) electrons. The van der Waals surface area contributed by atoms with Gasteiger partial charge in [0.15, 0.2) is 11.5 Å². The monoisotopic (exact) mass is 433 g/mol. The van der Waals surface area contributed by atoms with E-state index in [4.69, 9.17) is 32.7 Å². The van der Waals surface area contributed by atoms with Crippen molar-refractivity contribution in [1.29, 1.82) is 0 Å². The molecule has 3 aromatic rings. The Hall–Kier alpha value is -3.36.